The zero-order valence-corrected chi connectivity index (χ0v) is 17.6. The van der Waals surface area contributed by atoms with Crippen LogP contribution in [0.1, 0.15) is 34.6 Å². The second-order valence-electron chi connectivity index (χ2n) is 7.28. The van der Waals surface area contributed by atoms with E-state index >= 15 is 0 Å². The van der Waals surface area contributed by atoms with Crippen LogP contribution in [0, 0.1) is 5.92 Å². The van der Waals surface area contributed by atoms with Crippen LogP contribution in [-0.2, 0) is 9.16 Å². The molecule has 0 bridgehead atoms. The molecule has 0 saturated heterocycles. The lowest BCUT2D eigenvalue weighted by atomic mass is 9.97. The Hall–Kier alpha value is 0.0969. The number of ether oxygens (including phenoxy) is 1. The Balaban J connectivity index is 5.39. The van der Waals surface area contributed by atoms with Crippen LogP contribution in [0.3, 0.4) is 0 Å². The molecule has 0 amide bonds. The van der Waals surface area contributed by atoms with Gasteiger partial charge in [0.25, 0.3) is 0 Å². The van der Waals surface area contributed by atoms with E-state index in [2.05, 4.69) is 76.3 Å². The molecule has 0 unspecified atom stereocenters. The van der Waals surface area contributed by atoms with E-state index in [1.165, 1.54) is 5.57 Å². The summed E-state index contributed by atoms with van der Waals surface area (Å²) >= 11 is 3.50. The quantitative estimate of drug-likeness (QED) is 0.313. The molecule has 0 aromatic rings. The monoisotopic (exact) mass is 376 g/mol. The van der Waals surface area contributed by atoms with Crippen LogP contribution in [-0.4, -0.2) is 33.0 Å². The fourth-order valence-corrected chi connectivity index (χ4v) is 3.51. The molecule has 0 heterocycles. The predicted octanol–water partition coefficient (Wildman–Crippen LogP) is 5.56. The SMILES string of the molecule is C=C[C@@H](OC)[C@@H](O[Si](C)(C)C(C)(C)C)[C@H](C)/C=C(/C)CBr. The summed E-state index contributed by atoms with van der Waals surface area (Å²) in [6.07, 6.45) is 4.03. The third-order valence-corrected chi connectivity index (χ3v) is 9.70. The van der Waals surface area contributed by atoms with Crippen molar-refractivity contribution >= 4 is 24.2 Å². The second-order valence-corrected chi connectivity index (χ2v) is 12.6. The van der Waals surface area contributed by atoms with Crippen molar-refractivity contribution in [3.63, 3.8) is 0 Å². The fraction of sp³-hybridized carbons (Fsp3) is 0.765. The third kappa shape index (κ3) is 6.39. The maximum Gasteiger partial charge on any atom is 0.192 e. The molecular weight excluding hydrogens is 344 g/mol. The summed E-state index contributed by atoms with van der Waals surface area (Å²) in [7, 11) is -0.132. The van der Waals surface area contributed by atoms with E-state index in [1.54, 1.807) is 7.11 Å². The zero-order chi connectivity index (χ0) is 16.8. The number of alkyl halides is 1. The van der Waals surface area contributed by atoms with Crippen LogP contribution in [0.25, 0.3) is 0 Å². The normalized spacial score (nSPS) is 18.2. The van der Waals surface area contributed by atoms with Crippen molar-refractivity contribution in [3.05, 3.63) is 24.3 Å². The van der Waals surface area contributed by atoms with E-state index in [-0.39, 0.29) is 23.2 Å². The van der Waals surface area contributed by atoms with Crippen LogP contribution < -0.4 is 0 Å². The Morgan fingerprint density at radius 3 is 2.19 bits per heavy atom. The highest BCUT2D eigenvalue weighted by atomic mass is 79.9. The van der Waals surface area contributed by atoms with Crippen molar-refractivity contribution < 1.29 is 9.16 Å². The Bertz CT molecular complexity index is 358. The van der Waals surface area contributed by atoms with E-state index in [0.29, 0.717) is 0 Å². The van der Waals surface area contributed by atoms with Crippen molar-refractivity contribution in [2.75, 3.05) is 12.4 Å². The molecule has 124 valence electrons. The van der Waals surface area contributed by atoms with Gasteiger partial charge in [-0.15, -0.1) is 6.58 Å². The van der Waals surface area contributed by atoms with Crippen molar-refractivity contribution in [1.82, 2.24) is 0 Å². The molecule has 0 aliphatic rings. The summed E-state index contributed by atoms with van der Waals surface area (Å²) in [5, 5.41) is 1.06. The first-order valence-corrected chi connectivity index (χ1v) is 11.6. The molecule has 0 rings (SSSR count). The first kappa shape index (κ1) is 21.1. The minimum Gasteiger partial charge on any atom is -0.410 e. The smallest absolute Gasteiger partial charge is 0.192 e. The summed E-state index contributed by atoms with van der Waals surface area (Å²) in [6, 6.07) is 0. The van der Waals surface area contributed by atoms with Crippen molar-refractivity contribution in [2.45, 2.75) is 65.0 Å². The largest absolute Gasteiger partial charge is 0.410 e. The van der Waals surface area contributed by atoms with Gasteiger partial charge in [0, 0.05) is 18.4 Å². The van der Waals surface area contributed by atoms with Gasteiger partial charge < -0.3 is 9.16 Å². The van der Waals surface area contributed by atoms with Gasteiger partial charge in [-0.25, -0.2) is 0 Å². The lowest BCUT2D eigenvalue weighted by molar-refractivity contribution is 0.00601. The van der Waals surface area contributed by atoms with E-state index in [4.69, 9.17) is 9.16 Å². The molecule has 0 spiro atoms. The molecule has 0 aliphatic heterocycles. The van der Waals surface area contributed by atoms with Gasteiger partial charge in [-0.05, 0) is 25.1 Å². The minimum absolute atomic E-state index is 0.00221. The van der Waals surface area contributed by atoms with Gasteiger partial charge in [-0.2, -0.15) is 0 Å². The Kier molecular flexibility index (Phi) is 8.70. The first-order chi connectivity index (χ1) is 9.50. The standard InChI is InChI=1S/C17H33BrO2Si/c1-10-15(19-7)16(14(3)11-13(2)12-18)20-21(8,9)17(4,5)6/h10-11,14-16H,1,12H2,2-9H3/b13-11-/t14-,15-,16+/m1/s1. The third-order valence-electron chi connectivity index (χ3n) is 4.34. The Morgan fingerprint density at radius 1 is 1.33 bits per heavy atom. The molecule has 0 aliphatic carbocycles. The minimum atomic E-state index is -1.86. The molecule has 2 nitrogen and oxygen atoms in total. The maximum atomic E-state index is 6.64. The van der Waals surface area contributed by atoms with Crippen molar-refractivity contribution in [3.8, 4) is 0 Å². The summed E-state index contributed by atoms with van der Waals surface area (Å²) in [5.74, 6) is 0.277. The summed E-state index contributed by atoms with van der Waals surface area (Å²) in [6.45, 7) is 19.6. The highest BCUT2D eigenvalue weighted by Gasteiger charge is 2.41. The number of hydrogen-bond donors (Lipinski definition) is 0. The number of hydrogen-bond acceptors (Lipinski definition) is 2. The van der Waals surface area contributed by atoms with Crippen LogP contribution in [0.2, 0.25) is 18.1 Å². The Labute approximate surface area is 141 Å². The molecule has 4 heteroatoms. The summed E-state index contributed by atoms with van der Waals surface area (Å²) in [5.41, 5.74) is 1.31. The molecule has 0 radical (unpaired) electrons. The van der Waals surface area contributed by atoms with Gasteiger partial charge in [0.1, 0.15) is 6.10 Å². The van der Waals surface area contributed by atoms with Crippen LogP contribution in [0.4, 0.5) is 0 Å². The lowest BCUT2D eigenvalue weighted by Crippen LogP contribution is -2.49. The van der Waals surface area contributed by atoms with Gasteiger partial charge >= 0.3 is 0 Å². The van der Waals surface area contributed by atoms with Gasteiger partial charge in [-0.1, -0.05) is 61.4 Å². The molecule has 0 N–H and O–H groups in total. The van der Waals surface area contributed by atoms with Gasteiger partial charge in [0.05, 0.1) is 6.10 Å². The molecule has 21 heavy (non-hydrogen) atoms. The predicted molar refractivity (Wildman–Crippen MR) is 99.8 cm³/mol. The molecular formula is C17H33BrO2Si. The number of halogens is 1. The molecule has 0 aromatic carbocycles. The van der Waals surface area contributed by atoms with E-state index in [9.17, 15) is 0 Å². The highest BCUT2D eigenvalue weighted by molar-refractivity contribution is 9.09. The summed E-state index contributed by atoms with van der Waals surface area (Å²) < 4.78 is 12.2. The van der Waals surface area contributed by atoms with Gasteiger partial charge in [0.2, 0.25) is 0 Å². The number of rotatable bonds is 8. The average Bonchev–Trinajstić information content (AvgIpc) is 2.37. The number of methoxy groups -OCH3 is 1. The van der Waals surface area contributed by atoms with E-state index in [0.717, 1.165) is 5.33 Å². The number of allylic oxidation sites excluding steroid dienone is 1. The maximum absolute atomic E-state index is 6.64. The zero-order valence-electron chi connectivity index (χ0n) is 15.0. The summed E-state index contributed by atoms with van der Waals surface area (Å²) in [4.78, 5) is 0. The molecule has 0 fully saturated rings. The lowest BCUT2D eigenvalue weighted by Gasteiger charge is -2.42. The Morgan fingerprint density at radius 2 is 1.86 bits per heavy atom. The van der Waals surface area contributed by atoms with Crippen LogP contribution >= 0.6 is 15.9 Å². The van der Waals surface area contributed by atoms with Crippen LogP contribution in [0.5, 0.6) is 0 Å². The molecule has 0 aromatic heterocycles. The van der Waals surface area contributed by atoms with Crippen molar-refractivity contribution in [2.24, 2.45) is 5.92 Å². The fourth-order valence-electron chi connectivity index (χ4n) is 1.94. The second kappa shape index (κ2) is 8.66. The molecule has 3 atom stereocenters. The van der Waals surface area contributed by atoms with Gasteiger partial charge in [0.15, 0.2) is 8.32 Å². The topological polar surface area (TPSA) is 18.5 Å². The molecule has 0 saturated carbocycles. The van der Waals surface area contributed by atoms with E-state index < -0.39 is 8.32 Å². The van der Waals surface area contributed by atoms with Crippen LogP contribution in [0.15, 0.2) is 24.3 Å². The highest BCUT2D eigenvalue weighted by Crippen LogP contribution is 2.39. The van der Waals surface area contributed by atoms with E-state index in [1.807, 2.05) is 6.08 Å². The first-order valence-electron chi connectivity index (χ1n) is 7.56. The van der Waals surface area contributed by atoms with Gasteiger partial charge in [-0.3, -0.25) is 0 Å². The average molecular weight is 377 g/mol. The van der Waals surface area contributed by atoms with Crippen molar-refractivity contribution in [1.29, 1.82) is 0 Å².